The van der Waals surface area contributed by atoms with Crippen LogP contribution in [0.15, 0.2) is 6.20 Å². The molecule has 0 aliphatic carbocycles. The number of carboxylic acid groups (broad SMARTS) is 1. The lowest BCUT2D eigenvalue weighted by molar-refractivity contribution is -0.227. The number of carbonyl (C=O) groups is 1. The molecule has 1 unspecified atom stereocenters. The van der Waals surface area contributed by atoms with E-state index in [2.05, 4.69) is 10.2 Å². The third kappa shape index (κ3) is 2.84. The highest BCUT2D eigenvalue weighted by Crippen LogP contribution is 2.46. The number of nitrogens with one attached hydrogen (secondary N) is 1. The summed E-state index contributed by atoms with van der Waals surface area (Å²) >= 11 is 0. The highest BCUT2D eigenvalue weighted by molar-refractivity contribution is 5.76. The van der Waals surface area contributed by atoms with E-state index in [9.17, 15) is 18.0 Å². The average molecular weight is 319 g/mol. The Morgan fingerprint density at radius 3 is 2.55 bits per heavy atom. The summed E-state index contributed by atoms with van der Waals surface area (Å²) in [5, 5.41) is 15.9. The van der Waals surface area contributed by atoms with Gasteiger partial charge in [0.2, 0.25) is 0 Å². The van der Waals surface area contributed by atoms with Gasteiger partial charge in [-0.1, -0.05) is 20.8 Å². The number of aliphatic carboxylic acids is 1. The Morgan fingerprint density at radius 2 is 2.09 bits per heavy atom. The van der Waals surface area contributed by atoms with Crippen molar-refractivity contribution in [2.75, 3.05) is 13.1 Å². The maximum absolute atomic E-state index is 13.2. The molecule has 1 aromatic rings. The molecule has 1 atom stereocenters. The molecule has 0 saturated carbocycles. The number of hydrogen-bond donors (Lipinski definition) is 2. The summed E-state index contributed by atoms with van der Waals surface area (Å²) in [6.45, 7) is 5.76. The Bertz CT molecular complexity index is 562. The van der Waals surface area contributed by atoms with E-state index < -0.39 is 30.5 Å². The zero-order chi connectivity index (χ0) is 16.8. The van der Waals surface area contributed by atoms with Gasteiger partial charge in [-0.15, -0.1) is 0 Å². The summed E-state index contributed by atoms with van der Waals surface area (Å²) in [5.74, 6) is -1.80. The highest BCUT2D eigenvalue weighted by Gasteiger charge is 2.63. The number of hydrogen-bond acceptors (Lipinski definition) is 3. The lowest BCUT2D eigenvalue weighted by Gasteiger charge is -2.27. The molecular formula is C14H20F3N3O2. The van der Waals surface area contributed by atoms with E-state index in [0.717, 1.165) is 11.3 Å². The molecule has 22 heavy (non-hydrogen) atoms. The van der Waals surface area contributed by atoms with Crippen molar-refractivity contribution in [3.8, 4) is 0 Å². The van der Waals surface area contributed by atoms with Gasteiger partial charge in [0.25, 0.3) is 0 Å². The summed E-state index contributed by atoms with van der Waals surface area (Å²) in [6, 6.07) is 0. The Kier molecular flexibility index (Phi) is 4.01. The fourth-order valence-electron chi connectivity index (χ4n) is 2.87. The van der Waals surface area contributed by atoms with E-state index in [1.165, 1.54) is 4.90 Å². The summed E-state index contributed by atoms with van der Waals surface area (Å²) in [4.78, 5) is 12.7. The molecule has 5 nitrogen and oxygen atoms in total. The van der Waals surface area contributed by atoms with E-state index in [1.807, 2.05) is 20.8 Å². The van der Waals surface area contributed by atoms with Crippen molar-refractivity contribution in [1.29, 1.82) is 0 Å². The van der Waals surface area contributed by atoms with Crippen LogP contribution < -0.4 is 0 Å². The molecule has 2 rings (SSSR count). The second-order valence-electron chi connectivity index (χ2n) is 6.87. The number of alkyl halides is 3. The number of H-pyrrole nitrogens is 1. The first-order chi connectivity index (χ1) is 9.97. The predicted molar refractivity (Wildman–Crippen MR) is 73.3 cm³/mol. The van der Waals surface area contributed by atoms with E-state index in [1.54, 1.807) is 6.20 Å². The highest BCUT2D eigenvalue weighted by atomic mass is 19.4. The molecule has 0 spiro atoms. The molecule has 0 aromatic carbocycles. The molecule has 1 fully saturated rings. The first-order valence-corrected chi connectivity index (χ1v) is 7.02. The van der Waals surface area contributed by atoms with E-state index in [-0.39, 0.29) is 18.5 Å². The number of carboxylic acids is 1. The fraction of sp³-hybridized carbons (Fsp3) is 0.714. The van der Waals surface area contributed by atoms with Crippen molar-refractivity contribution in [3.63, 3.8) is 0 Å². The third-order valence-corrected chi connectivity index (χ3v) is 4.16. The van der Waals surface area contributed by atoms with Crippen LogP contribution in [0.25, 0.3) is 0 Å². The molecule has 2 heterocycles. The summed E-state index contributed by atoms with van der Waals surface area (Å²) in [7, 11) is 0. The van der Waals surface area contributed by atoms with E-state index in [0.29, 0.717) is 0 Å². The van der Waals surface area contributed by atoms with Gasteiger partial charge in [0.15, 0.2) is 5.41 Å². The third-order valence-electron chi connectivity index (χ3n) is 4.16. The van der Waals surface area contributed by atoms with Crippen molar-refractivity contribution < 1.29 is 23.1 Å². The van der Waals surface area contributed by atoms with Crippen LogP contribution in [0.4, 0.5) is 13.2 Å². The minimum atomic E-state index is -4.75. The van der Waals surface area contributed by atoms with Crippen molar-refractivity contribution in [2.45, 2.75) is 45.3 Å². The number of rotatable bonds is 3. The Balaban J connectivity index is 2.18. The van der Waals surface area contributed by atoms with E-state index in [4.69, 9.17) is 5.11 Å². The largest absolute Gasteiger partial charge is 0.481 e. The Labute approximate surface area is 126 Å². The topological polar surface area (TPSA) is 69.2 Å². The summed E-state index contributed by atoms with van der Waals surface area (Å²) in [5.41, 5.74) is -1.22. The molecular weight excluding hydrogens is 299 g/mol. The molecule has 1 aliphatic heterocycles. The van der Waals surface area contributed by atoms with Crippen LogP contribution in [0.5, 0.6) is 0 Å². The molecule has 124 valence electrons. The zero-order valence-corrected chi connectivity index (χ0v) is 12.8. The number of nitrogens with zero attached hydrogens (tertiary/aromatic N) is 2. The van der Waals surface area contributed by atoms with Gasteiger partial charge in [0, 0.05) is 36.3 Å². The minimum absolute atomic E-state index is 0.0978. The summed E-state index contributed by atoms with van der Waals surface area (Å²) < 4.78 is 39.5. The molecule has 1 aromatic heterocycles. The lowest BCUT2D eigenvalue weighted by Crippen LogP contribution is -2.47. The van der Waals surface area contributed by atoms with Crippen LogP contribution in [0.2, 0.25) is 0 Å². The molecule has 0 bridgehead atoms. The number of aromatic amines is 1. The first-order valence-electron chi connectivity index (χ1n) is 7.02. The number of aromatic nitrogens is 2. The lowest BCUT2D eigenvalue weighted by atomic mass is 9.86. The second kappa shape index (κ2) is 5.26. The normalized spacial score (nSPS) is 23.9. The Morgan fingerprint density at radius 1 is 1.45 bits per heavy atom. The average Bonchev–Trinajstić information content (AvgIpc) is 2.94. The molecule has 0 amide bonds. The molecule has 2 N–H and O–H groups in total. The van der Waals surface area contributed by atoms with Gasteiger partial charge in [0.1, 0.15) is 0 Å². The second-order valence-corrected chi connectivity index (χ2v) is 6.87. The number of likely N-dealkylation sites (tertiary alicyclic amines) is 1. The van der Waals surface area contributed by atoms with Crippen molar-refractivity contribution >= 4 is 5.97 Å². The van der Waals surface area contributed by atoms with Crippen LogP contribution in [0.1, 0.15) is 38.4 Å². The SMILES string of the molecule is CC(C)(C)c1[nH]ncc1CN1CCC(C(=O)O)(C(F)(F)F)C1. The summed E-state index contributed by atoms with van der Waals surface area (Å²) in [6.07, 6.45) is -3.58. The first kappa shape index (κ1) is 16.8. The quantitative estimate of drug-likeness (QED) is 0.898. The zero-order valence-electron chi connectivity index (χ0n) is 12.8. The maximum atomic E-state index is 13.2. The predicted octanol–water partition coefficient (Wildman–Crippen LogP) is 2.55. The molecule has 8 heteroatoms. The molecule has 1 saturated heterocycles. The van der Waals surface area contributed by atoms with Crippen molar-refractivity contribution in [2.24, 2.45) is 5.41 Å². The van der Waals surface area contributed by atoms with Gasteiger partial charge in [-0.25, -0.2) is 0 Å². The van der Waals surface area contributed by atoms with Crippen LogP contribution in [0.3, 0.4) is 0 Å². The van der Waals surface area contributed by atoms with Gasteiger partial charge in [-0.2, -0.15) is 18.3 Å². The van der Waals surface area contributed by atoms with Crippen molar-refractivity contribution in [3.05, 3.63) is 17.5 Å². The van der Waals surface area contributed by atoms with Gasteiger partial charge in [-0.05, 0) is 6.42 Å². The Hall–Kier alpha value is -1.57. The number of halogens is 3. The standard InChI is InChI=1S/C14H20F3N3O2/c1-12(2,3)10-9(6-18-19-10)7-20-5-4-13(8-20,11(21)22)14(15,16)17/h6H,4-5,7-8H2,1-3H3,(H,18,19)(H,21,22). The van der Waals surface area contributed by atoms with Crippen LogP contribution in [0, 0.1) is 5.41 Å². The van der Waals surface area contributed by atoms with Crippen LogP contribution >= 0.6 is 0 Å². The van der Waals surface area contributed by atoms with Gasteiger partial charge >= 0.3 is 12.1 Å². The van der Waals surface area contributed by atoms with E-state index >= 15 is 0 Å². The van der Waals surface area contributed by atoms with Crippen molar-refractivity contribution in [1.82, 2.24) is 15.1 Å². The fourth-order valence-corrected chi connectivity index (χ4v) is 2.87. The van der Waals surface area contributed by atoms with Gasteiger partial charge in [-0.3, -0.25) is 14.8 Å². The minimum Gasteiger partial charge on any atom is -0.481 e. The smallest absolute Gasteiger partial charge is 0.406 e. The molecule has 1 aliphatic rings. The maximum Gasteiger partial charge on any atom is 0.406 e. The van der Waals surface area contributed by atoms with Crippen LogP contribution in [-0.4, -0.2) is 45.4 Å². The monoisotopic (exact) mass is 319 g/mol. The van der Waals surface area contributed by atoms with Crippen LogP contribution in [-0.2, 0) is 16.8 Å². The van der Waals surface area contributed by atoms with Gasteiger partial charge in [0.05, 0.1) is 6.20 Å². The van der Waals surface area contributed by atoms with Gasteiger partial charge < -0.3 is 5.11 Å². The molecule has 0 radical (unpaired) electrons.